The molecule has 4 nitrogen and oxygen atoms in total. The number of rotatable bonds is 10. The molecule has 1 unspecified atom stereocenters. The number of anilines is 3. The molecule has 0 saturated carbocycles. The zero-order chi connectivity index (χ0) is 18.9. The molecule has 140 valence electrons. The van der Waals surface area contributed by atoms with Crippen molar-refractivity contribution >= 4 is 34.8 Å². The molecule has 0 saturated heterocycles. The van der Waals surface area contributed by atoms with E-state index in [2.05, 4.69) is 49.6 Å². The van der Waals surface area contributed by atoms with Crippen LogP contribution in [-0.2, 0) is 4.79 Å². The van der Waals surface area contributed by atoms with E-state index in [1.165, 1.54) is 0 Å². The largest absolute Gasteiger partial charge is 0.481 e. The number of hydrogen-bond acceptors (Lipinski definition) is 4. The Morgan fingerprint density at radius 2 is 1.81 bits per heavy atom. The number of para-hydroxylation sites is 1. The summed E-state index contributed by atoms with van der Waals surface area (Å²) in [5.74, 6) is 0.417. The van der Waals surface area contributed by atoms with Gasteiger partial charge >= 0.3 is 5.97 Å². The fourth-order valence-electron chi connectivity index (χ4n) is 2.81. The van der Waals surface area contributed by atoms with Crippen LogP contribution in [0, 0.1) is 5.92 Å². The molecule has 0 fully saturated rings. The summed E-state index contributed by atoms with van der Waals surface area (Å²) < 4.78 is 0. The molecule has 0 aliphatic heterocycles. The summed E-state index contributed by atoms with van der Waals surface area (Å²) in [6.07, 6.45) is 1.25. The lowest BCUT2D eigenvalue weighted by Crippen LogP contribution is -2.17. The third kappa shape index (κ3) is 7.00. The maximum Gasteiger partial charge on any atom is 0.304 e. The second kappa shape index (κ2) is 10.1. The Kier molecular flexibility index (Phi) is 7.85. The number of carboxylic acid groups (broad SMARTS) is 1. The average molecular weight is 373 g/mol. The maximum atomic E-state index is 10.8. The van der Waals surface area contributed by atoms with Crippen LogP contribution in [0.2, 0.25) is 0 Å². The third-order valence-electron chi connectivity index (χ3n) is 3.85. The number of carboxylic acids is 1. The summed E-state index contributed by atoms with van der Waals surface area (Å²) in [6.45, 7) is 6.63. The zero-order valence-electron chi connectivity index (χ0n) is 15.7. The van der Waals surface area contributed by atoms with E-state index in [4.69, 9.17) is 5.11 Å². The number of benzene rings is 2. The van der Waals surface area contributed by atoms with Crippen molar-refractivity contribution in [3.8, 4) is 0 Å². The molecule has 1 atom stereocenters. The number of hydrogen-bond donors (Lipinski definition) is 3. The van der Waals surface area contributed by atoms with Gasteiger partial charge in [-0.3, -0.25) is 4.79 Å². The minimum atomic E-state index is -0.769. The Hall–Kier alpha value is -2.14. The summed E-state index contributed by atoms with van der Waals surface area (Å²) >= 11 is 1.57. The summed E-state index contributed by atoms with van der Waals surface area (Å²) in [5, 5.41) is 15.9. The quantitative estimate of drug-likeness (QED) is 0.457. The van der Waals surface area contributed by atoms with Gasteiger partial charge in [0.2, 0.25) is 0 Å². The van der Waals surface area contributed by atoms with Crippen molar-refractivity contribution in [1.29, 1.82) is 0 Å². The Morgan fingerprint density at radius 1 is 1.08 bits per heavy atom. The van der Waals surface area contributed by atoms with Gasteiger partial charge in [0.15, 0.2) is 0 Å². The fraction of sp³-hybridized carbons (Fsp3) is 0.381. The van der Waals surface area contributed by atoms with E-state index in [1.807, 2.05) is 30.3 Å². The molecule has 0 aliphatic rings. The molecule has 0 amide bonds. The third-order valence-corrected chi connectivity index (χ3v) is 4.90. The van der Waals surface area contributed by atoms with Crippen LogP contribution in [-0.4, -0.2) is 22.9 Å². The second-order valence-corrected chi connectivity index (χ2v) is 8.01. The molecule has 2 aromatic carbocycles. The molecule has 5 heteroatoms. The molecule has 0 bridgehead atoms. The van der Waals surface area contributed by atoms with Crippen molar-refractivity contribution in [2.75, 3.05) is 16.4 Å². The van der Waals surface area contributed by atoms with Gasteiger partial charge in [-0.2, -0.15) is 0 Å². The van der Waals surface area contributed by atoms with Gasteiger partial charge in [-0.25, -0.2) is 0 Å². The van der Waals surface area contributed by atoms with Crippen LogP contribution in [0.1, 0.15) is 33.6 Å². The summed E-state index contributed by atoms with van der Waals surface area (Å²) in [7, 11) is 0. The molecular weight excluding hydrogens is 344 g/mol. The van der Waals surface area contributed by atoms with E-state index in [0.29, 0.717) is 17.7 Å². The van der Waals surface area contributed by atoms with Crippen molar-refractivity contribution < 1.29 is 9.90 Å². The van der Waals surface area contributed by atoms with Gasteiger partial charge in [-0.15, -0.1) is 11.8 Å². The van der Waals surface area contributed by atoms with Crippen LogP contribution in [0.3, 0.4) is 0 Å². The summed E-state index contributed by atoms with van der Waals surface area (Å²) in [6, 6.07) is 16.6. The number of thioether (sulfide) groups is 1. The predicted octanol–water partition coefficient (Wildman–Crippen LogP) is 5.84. The highest BCUT2D eigenvalue weighted by Gasteiger charge is 2.10. The molecule has 2 aromatic rings. The van der Waals surface area contributed by atoms with Gasteiger partial charge in [0.25, 0.3) is 0 Å². The minimum absolute atomic E-state index is 0.150. The molecule has 0 spiro atoms. The van der Waals surface area contributed by atoms with Gasteiger partial charge in [-0.05, 0) is 49.6 Å². The van der Waals surface area contributed by atoms with E-state index < -0.39 is 5.97 Å². The van der Waals surface area contributed by atoms with E-state index in [9.17, 15) is 4.79 Å². The Bertz CT molecular complexity index is 704. The van der Waals surface area contributed by atoms with Gasteiger partial charge in [-0.1, -0.05) is 32.0 Å². The molecule has 3 N–H and O–H groups in total. The Morgan fingerprint density at radius 3 is 2.46 bits per heavy atom. The molecule has 2 rings (SSSR count). The number of carbonyl (C=O) groups is 1. The van der Waals surface area contributed by atoms with Crippen LogP contribution < -0.4 is 10.6 Å². The van der Waals surface area contributed by atoms with Gasteiger partial charge in [0, 0.05) is 28.1 Å². The first-order valence-electron chi connectivity index (χ1n) is 9.01. The van der Waals surface area contributed by atoms with Crippen molar-refractivity contribution in [1.82, 2.24) is 0 Å². The van der Waals surface area contributed by atoms with Crippen LogP contribution in [0.4, 0.5) is 17.1 Å². The van der Waals surface area contributed by atoms with Crippen LogP contribution in [0.15, 0.2) is 53.4 Å². The standard InChI is InChI=1S/C21H28N2O2S/c1-15(2)13-16(3)22-18-9-10-19(23-17-7-5-4-6-8-17)20(14-18)26-12-11-21(24)25/h4-10,14-16,22-23H,11-13H2,1-3H3,(H,24,25). The Balaban J connectivity index is 2.15. The zero-order valence-corrected chi connectivity index (χ0v) is 16.5. The SMILES string of the molecule is CC(C)CC(C)Nc1ccc(Nc2ccccc2)c(SCCC(=O)O)c1. The smallest absolute Gasteiger partial charge is 0.304 e. The highest BCUT2D eigenvalue weighted by atomic mass is 32.2. The average Bonchev–Trinajstić information content (AvgIpc) is 2.57. The van der Waals surface area contributed by atoms with Crippen molar-refractivity contribution in [3.63, 3.8) is 0 Å². The van der Waals surface area contributed by atoms with Crippen molar-refractivity contribution in [3.05, 3.63) is 48.5 Å². The first-order valence-corrected chi connectivity index (χ1v) is 10.00. The Labute approximate surface area is 160 Å². The lowest BCUT2D eigenvalue weighted by molar-refractivity contribution is -0.136. The van der Waals surface area contributed by atoms with Gasteiger partial charge in [0.05, 0.1) is 12.1 Å². The summed E-state index contributed by atoms with van der Waals surface area (Å²) in [5.41, 5.74) is 3.07. The number of aliphatic carboxylic acids is 1. The molecule has 26 heavy (non-hydrogen) atoms. The van der Waals surface area contributed by atoms with Crippen molar-refractivity contribution in [2.45, 2.75) is 44.6 Å². The van der Waals surface area contributed by atoms with Crippen molar-refractivity contribution in [2.24, 2.45) is 5.92 Å². The van der Waals surface area contributed by atoms with Crippen LogP contribution in [0.5, 0.6) is 0 Å². The summed E-state index contributed by atoms with van der Waals surface area (Å²) in [4.78, 5) is 11.9. The van der Waals surface area contributed by atoms with Gasteiger partial charge in [0.1, 0.15) is 0 Å². The normalized spacial score (nSPS) is 12.0. The molecule has 0 aliphatic carbocycles. The van der Waals surface area contributed by atoms with Crippen LogP contribution >= 0.6 is 11.8 Å². The van der Waals surface area contributed by atoms with E-state index in [1.54, 1.807) is 11.8 Å². The predicted molar refractivity (Wildman–Crippen MR) is 112 cm³/mol. The maximum absolute atomic E-state index is 10.8. The topological polar surface area (TPSA) is 61.4 Å². The monoisotopic (exact) mass is 372 g/mol. The highest BCUT2D eigenvalue weighted by molar-refractivity contribution is 7.99. The lowest BCUT2D eigenvalue weighted by Gasteiger charge is -2.19. The molecule has 0 radical (unpaired) electrons. The van der Waals surface area contributed by atoms with E-state index in [-0.39, 0.29) is 6.42 Å². The molecule has 0 aromatic heterocycles. The molecular formula is C21H28N2O2S. The second-order valence-electron chi connectivity index (χ2n) is 6.87. The first-order chi connectivity index (χ1) is 12.4. The fourth-order valence-corrected chi connectivity index (χ4v) is 3.79. The highest BCUT2D eigenvalue weighted by Crippen LogP contribution is 2.33. The van der Waals surface area contributed by atoms with E-state index >= 15 is 0 Å². The first kappa shape index (κ1) is 20.2. The number of nitrogens with one attached hydrogen (secondary N) is 2. The van der Waals surface area contributed by atoms with Crippen LogP contribution in [0.25, 0.3) is 0 Å². The lowest BCUT2D eigenvalue weighted by atomic mass is 10.1. The minimum Gasteiger partial charge on any atom is -0.481 e. The molecule has 0 heterocycles. The van der Waals surface area contributed by atoms with Gasteiger partial charge < -0.3 is 15.7 Å². The van der Waals surface area contributed by atoms with E-state index in [0.717, 1.165) is 28.4 Å².